The van der Waals surface area contributed by atoms with Gasteiger partial charge in [-0.1, -0.05) is 133 Å². The van der Waals surface area contributed by atoms with Gasteiger partial charge in [0, 0.05) is 31.3 Å². The van der Waals surface area contributed by atoms with Gasteiger partial charge in [-0.2, -0.15) is 0 Å². The molecule has 0 saturated heterocycles. The van der Waals surface area contributed by atoms with E-state index >= 15 is 0 Å². The minimum absolute atomic E-state index is 1.28. The third kappa shape index (κ3) is 3.33. The molecule has 1 aromatic heterocycles. The van der Waals surface area contributed by atoms with Crippen LogP contribution in [0.3, 0.4) is 0 Å². The normalized spacial score (nSPS) is 11.9. The Morgan fingerprint density at radius 1 is 0.268 bits per heavy atom. The molecule has 9 aromatic rings. The Hall–Kier alpha value is -4.98. The molecule has 0 radical (unpaired) electrons. The van der Waals surface area contributed by atoms with E-state index in [1.807, 2.05) is 11.3 Å². The molecule has 1 heterocycles. The standard InChI is InChI=1S/C40H24S/c1-3-13-27-25(11-1)23-37(31-17-7-5-15-29(27)31)35-21-9-19-33-34-20-10-22-36(40(34)41-39(33)35)38-24-26-12-2-4-14-28(26)30-16-6-8-18-32(30)38/h1-24H. The van der Waals surface area contributed by atoms with E-state index in [4.69, 9.17) is 0 Å². The molecular weight excluding hydrogens is 513 g/mol. The van der Waals surface area contributed by atoms with Crippen LogP contribution in [0.4, 0.5) is 0 Å². The summed E-state index contributed by atoms with van der Waals surface area (Å²) in [7, 11) is 0. The van der Waals surface area contributed by atoms with Crippen molar-refractivity contribution in [3.05, 3.63) is 146 Å². The van der Waals surface area contributed by atoms with Crippen molar-refractivity contribution in [2.45, 2.75) is 0 Å². The SMILES string of the molecule is c1ccc2c(c1)cc(-c1cccc3c1sc1c(-c4cc5ccccc5c5ccccc45)cccc13)c1ccccc12. The van der Waals surface area contributed by atoms with Crippen molar-refractivity contribution in [3.8, 4) is 22.3 Å². The summed E-state index contributed by atoms with van der Waals surface area (Å²) in [5.41, 5.74) is 5.21. The van der Waals surface area contributed by atoms with Gasteiger partial charge in [0.1, 0.15) is 0 Å². The molecule has 9 rings (SSSR count). The Labute approximate surface area is 241 Å². The van der Waals surface area contributed by atoms with Crippen molar-refractivity contribution >= 4 is 74.6 Å². The highest BCUT2D eigenvalue weighted by Gasteiger charge is 2.17. The number of fused-ring (bicyclic) bond motifs is 9. The predicted octanol–water partition coefficient (Wildman–Crippen LogP) is 12.0. The van der Waals surface area contributed by atoms with Gasteiger partial charge >= 0.3 is 0 Å². The number of hydrogen-bond acceptors (Lipinski definition) is 1. The van der Waals surface area contributed by atoms with Gasteiger partial charge in [0.15, 0.2) is 0 Å². The molecule has 0 aliphatic heterocycles. The maximum atomic E-state index is 2.38. The van der Waals surface area contributed by atoms with Crippen LogP contribution in [-0.2, 0) is 0 Å². The lowest BCUT2D eigenvalue weighted by atomic mass is 9.92. The van der Waals surface area contributed by atoms with Crippen LogP contribution >= 0.6 is 11.3 Å². The smallest absolute Gasteiger partial charge is 0.0434 e. The fraction of sp³-hybridized carbons (Fsp3) is 0. The maximum Gasteiger partial charge on any atom is 0.0434 e. The molecule has 0 nitrogen and oxygen atoms in total. The fourth-order valence-corrected chi connectivity index (χ4v) is 8.15. The Kier molecular flexibility index (Phi) is 4.87. The number of hydrogen-bond donors (Lipinski definition) is 0. The molecule has 0 N–H and O–H groups in total. The molecule has 41 heavy (non-hydrogen) atoms. The van der Waals surface area contributed by atoms with Crippen LogP contribution in [0.15, 0.2) is 146 Å². The van der Waals surface area contributed by atoms with Crippen molar-refractivity contribution in [2.75, 3.05) is 0 Å². The Morgan fingerprint density at radius 2 is 0.634 bits per heavy atom. The molecule has 0 aliphatic carbocycles. The number of benzene rings is 8. The second kappa shape index (κ2) is 8.76. The summed E-state index contributed by atoms with van der Waals surface area (Å²) in [6.07, 6.45) is 0. The first-order valence-electron chi connectivity index (χ1n) is 14.1. The van der Waals surface area contributed by atoms with Gasteiger partial charge in [-0.25, -0.2) is 0 Å². The lowest BCUT2D eigenvalue weighted by Crippen LogP contribution is -1.85. The fourth-order valence-electron chi connectivity index (χ4n) is 6.80. The summed E-state index contributed by atoms with van der Waals surface area (Å²) in [4.78, 5) is 0. The predicted molar refractivity (Wildman–Crippen MR) is 180 cm³/mol. The van der Waals surface area contributed by atoms with Gasteiger partial charge < -0.3 is 0 Å². The summed E-state index contributed by atoms with van der Waals surface area (Å²) in [5, 5.41) is 13.0. The maximum absolute atomic E-state index is 2.38. The van der Waals surface area contributed by atoms with Crippen molar-refractivity contribution in [1.82, 2.24) is 0 Å². The second-order valence-electron chi connectivity index (χ2n) is 10.8. The van der Waals surface area contributed by atoms with Crippen LogP contribution in [0.5, 0.6) is 0 Å². The molecule has 0 amide bonds. The van der Waals surface area contributed by atoms with E-state index in [2.05, 4.69) is 146 Å². The van der Waals surface area contributed by atoms with Crippen LogP contribution in [0, 0.1) is 0 Å². The zero-order chi connectivity index (χ0) is 26.9. The van der Waals surface area contributed by atoms with E-state index in [0.717, 1.165) is 0 Å². The highest BCUT2D eigenvalue weighted by Crippen LogP contribution is 2.47. The van der Waals surface area contributed by atoms with Crippen molar-refractivity contribution in [2.24, 2.45) is 0 Å². The third-order valence-corrected chi connectivity index (χ3v) is 9.93. The zero-order valence-corrected chi connectivity index (χ0v) is 23.1. The van der Waals surface area contributed by atoms with E-state index in [0.29, 0.717) is 0 Å². The summed E-state index contributed by atoms with van der Waals surface area (Å²) in [5.74, 6) is 0. The molecule has 0 spiro atoms. The lowest BCUT2D eigenvalue weighted by Gasteiger charge is -2.12. The monoisotopic (exact) mass is 536 g/mol. The van der Waals surface area contributed by atoms with Gasteiger partial charge in [0.05, 0.1) is 0 Å². The quantitative estimate of drug-likeness (QED) is 0.193. The highest BCUT2D eigenvalue weighted by molar-refractivity contribution is 7.26. The Bertz CT molecular complexity index is 2300. The molecule has 0 atom stereocenters. The van der Waals surface area contributed by atoms with Crippen LogP contribution in [0.2, 0.25) is 0 Å². The first-order valence-corrected chi connectivity index (χ1v) is 14.9. The summed E-state index contributed by atoms with van der Waals surface area (Å²) < 4.78 is 2.70. The molecule has 0 aliphatic rings. The Morgan fingerprint density at radius 3 is 1.10 bits per heavy atom. The summed E-state index contributed by atoms with van der Waals surface area (Å²) >= 11 is 1.93. The van der Waals surface area contributed by atoms with Crippen LogP contribution < -0.4 is 0 Å². The summed E-state index contributed by atoms with van der Waals surface area (Å²) in [6.45, 7) is 0. The van der Waals surface area contributed by atoms with Gasteiger partial charge in [0.2, 0.25) is 0 Å². The molecule has 0 fully saturated rings. The van der Waals surface area contributed by atoms with Gasteiger partial charge in [-0.05, 0) is 66.3 Å². The van der Waals surface area contributed by atoms with E-state index in [-0.39, 0.29) is 0 Å². The van der Waals surface area contributed by atoms with E-state index in [1.54, 1.807) is 0 Å². The first kappa shape index (κ1) is 22.8. The van der Waals surface area contributed by atoms with Crippen molar-refractivity contribution in [3.63, 3.8) is 0 Å². The molecule has 1 heteroatoms. The van der Waals surface area contributed by atoms with Crippen LogP contribution in [0.25, 0.3) is 85.5 Å². The molecule has 0 saturated carbocycles. The summed E-state index contributed by atoms with van der Waals surface area (Å²) in [6, 6.07) is 53.6. The van der Waals surface area contributed by atoms with E-state index < -0.39 is 0 Å². The van der Waals surface area contributed by atoms with Gasteiger partial charge in [-0.15, -0.1) is 11.3 Å². The lowest BCUT2D eigenvalue weighted by molar-refractivity contribution is 1.73. The number of thiophene rings is 1. The average Bonchev–Trinajstić information content (AvgIpc) is 3.43. The molecule has 0 unspecified atom stereocenters. The largest absolute Gasteiger partial charge is 0.134 e. The second-order valence-corrected chi connectivity index (χ2v) is 11.9. The zero-order valence-electron chi connectivity index (χ0n) is 22.3. The number of rotatable bonds is 2. The van der Waals surface area contributed by atoms with E-state index in [1.165, 1.54) is 85.5 Å². The van der Waals surface area contributed by atoms with Crippen LogP contribution in [-0.4, -0.2) is 0 Å². The van der Waals surface area contributed by atoms with Gasteiger partial charge in [0.25, 0.3) is 0 Å². The van der Waals surface area contributed by atoms with E-state index in [9.17, 15) is 0 Å². The average molecular weight is 537 g/mol. The van der Waals surface area contributed by atoms with Crippen molar-refractivity contribution in [1.29, 1.82) is 0 Å². The molecular formula is C40H24S. The molecule has 0 bridgehead atoms. The van der Waals surface area contributed by atoms with Crippen molar-refractivity contribution < 1.29 is 0 Å². The third-order valence-electron chi connectivity index (χ3n) is 8.64. The molecule has 8 aromatic carbocycles. The topological polar surface area (TPSA) is 0 Å². The van der Waals surface area contributed by atoms with Gasteiger partial charge in [-0.3, -0.25) is 0 Å². The molecule has 190 valence electrons. The van der Waals surface area contributed by atoms with Crippen LogP contribution in [0.1, 0.15) is 0 Å². The minimum atomic E-state index is 1.28. The minimum Gasteiger partial charge on any atom is -0.134 e. The first-order chi connectivity index (χ1) is 20.3. The Balaban J connectivity index is 1.37. The highest BCUT2D eigenvalue weighted by atomic mass is 32.1.